The molecule has 0 aliphatic carbocycles. The summed E-state index contributed by atoms with van der Waals surface area (Å²) in [5.41, 5.74) is 1.32. The second kappa shape index (κ2) is 14.0. The highest BCUT2D eigenvalue weighted by Gasteiger charge is 1.94. The summed E-state index contributed by atoms with van der Waals surface area (Å²) in [6.45, 7) is 5.16. The Morgan fingerprint density at radius 3 is 1.80 bits per heavy atom. The van der Waals surface area contributed by atoms with Gasteiger partial charge >= 0.3 is 5.97 Å². The molecule has 0 spiro atoms. The fourth-order valence-corrected chi connectivity index (χ4v) is 1.20. The van der Waals surface area contributed by atoms with E-state index in [1.54, 1.807) is 0 Å². The maximum atomic E-state index is 9.65. The fraction of sp³-hybridized carbons (Fsp3) is 0.533. The number of carboxylic acid groups (broad SMARTS) is 1. The molecule has 1 aromatic rings. The van der Waals surface area contributed by atoms with Crippen LogP contribution in [0.3, 0.4) is 0 Å². The summed E-state index contributed by atoms with van der Waals surface area (Å²) in [4.78, 5) is 9.65. The van der Waals surface area contributed by atoms with E-state index in [4.69, 9.17) is 19.7 Å². The van der Waals surface area contributed by atoms with Crippen LogP contribution in [0.4, 0.5) is 0 Å². The van der Waals surface area contributed by atoms with Crippen LogP contribution in [0.1, 0.15) is 18.4 Å². The predicted molar refractivity (Wildman–Crippen MR) is 76.8 cm³/mol. The van der Waals surface area contributed by atoms with Gasteiger partial charge in [-0.15, -0.1) is 0 Å². The molecule has 5 heteroatoms. The average molecular weight is 284 g/mol. The molecule has 0 atom stereocenters. The van der Waals surface area contributed by atoms with E-state index in [2.05, 4.69) is 19.1 Å². The van der Waals surface area contributed by atoms with Crippen molar-refractivity contribution in [3.63, 3.8) is 0 Å². The number of aliphatic carboxylic acids is 1. The maximum Gasteiger partial charge on any atom is 0.303 e. The molecule has 0 bridgehead atoms. The highest BCUT2D eigenvalue weighted by molar-refractivity contribution is 5.66. The Balaban J connectivity index is 0.000000271. The largest absolute Gasteiger partial charge is 0.481 e. The van der Waals surface area contributed by atoms with Gasteiger partial charge in [-0.1, -0.05) is 35.9 Å². The molecule has 1 saturated heterocycles. The number of aliphatic hydroxyl groups excluding tert-OH is 1. The lowest BCUT2D eigenvalue weighted by Gasteiger charge is -2.09. The first kappa shape index (κ1) is 18.6. The summed E-state index contributed by atoms with van der Waals surface area (Å²) in [5, 5.41) is 16.0. The molecule has 0 radical (unpaired) electrons. The molecule has 1 fully saturated rings. The fourth-order valence-electron chi connectivity index (χ4n) is 1.20. The zero-order chi connectivity index (χ0) is 15.1. The van der Waals surface area contributed by atoms with Gasteiger partial charge in [0.25, 0.3) is 0 Å². The molecular formula is C15H24O5. The molecule has 1 aromatic carbocycles. The number of rotatable bonds is 3. The molecule has 0 unspecified atom stereocenters. The molecule has 1 aliphatic rings. The van der Waals surface area contributed by atoms with Crippen molar-refractivity contribution in [2.24, 2.45) is 0 Å². The van der Waals surface area contributed by atoms with Crippen LogP contribution >= 0.6 is 0 Å². The van der Waals surface area contributed by atoms with E-state index in [0.29, 0.717) is 6.42 Å². The molecule has 5 nitrogen and oxygen atoms in total. The van der Waals surface area contributed by atoms with Crippen LogP contribution in [-0.4, -0.2) is 49.2 Å². The third kappa shape index (κ3) is 14.6. The highest BCUT2D eigenvalue weighted by Crippen LogP contribution is 1.92. The van der Waals surface area contributed by atoms with Gasteiger partial charge in [0.05, 0.1) is 26.4 Å². The molecule has 0 saturated carbocycles. The summed E-state index contributed by atoms with van der Waals surface area (Å²) in [6.07, 6.45) is 0.422. The molecular weight excluding hydrogens is 260 g/mol. The van der Waals surface area contributed by atoms with E-state index in [0.717, 1.165) is 26.4 Å². The van der Waals surface area contributed by atoms with E-state index in [9.17, 15) is 4.79 Å². The molecule has 2 rings (SSSR count). The third-order valence-corrected chi connectivity index (χ3v) is 2.23. The van der Waals surface area contributed by atoms with Gasteiger partial charge in [0.15, 0.2) is 0 Å². The van der Waals surface area contributed by atoms with Crippen molar-refractivity contribution in [1.29, 1.82) is 0 Å². The minimum Gasteiger partial charge on any atom is -0.481 e. The first-order valence-corrected chi connectivity index (χ1v) is 6.66. The number of aryl methyl sites for hydroxylation is 1. The van der Waals surface area contributed by atoms with Gasteiger partial charge in [0.1, 0.15) is 0 Å². The zero-order valence-corrected chi connectivity index (χ0v) is 12.0. The van der Waals surface area contributed by atoms with Crippen LogP contribution in [-0.2, 0) is 14.3 Å². The van der Waals surface area contributed by atoms with Gasteiger partial charge < -0.3 is 19.7 Å². The second-order valence-electron chi connectivity index (χ2n) is 4.10. The monoisotopic (exact) mass is 284 g/mol. The molecule has 0 aromatic heterocycles. The SMILES string of the molecule is C1COCCO1.Cc1ccccc1.O=C(O)CCCO. The van der Waals surface area contributed by atoms with Crippen LogP contribution in [0.2, 0.25) is 0 Å². The summed E-state index contributed by atoms with van der Waals surface area (Å²) >= 11 is 0. The highest BCUT2D eigenvalue weighted by atomic mass is 16.6. The van der Waals surface area contributed by atoms with Gasteiger partial charge in [-0.25, -0.2) is 0 Å². The van der Waals surface area contributed by atoms with Crippen LogP contribution < -0.4 is 0 Å². The number of aliphatic hydroxyl groups is 1. The van der Waals surface area contributed by atoms with E-state index in [-0.39, 0.29) is 13.0 Å². The van der Waals surface area contributed by atoms with Crippen molar-refractivity contribution in [3.05, 3.63) is 35.9 Å². The number of ether oxygens (including phenoxy) is 2. The Morgan fingerprint density at radius 1 is 1.10 bits per heavy atom. The topological polar surface area (TPSA) is 76.0 Å². The van der Waals surface area contributed by atoms with Gasteiger partial charge in [-0.3, -0.25) is 4.79 Å². The van der Waals surface area contributed by atoms with E-state index >= 15 is 0 Å². The number of hydrogen-bond donors (Lipinski definition) is 2. The summed E-state index contributed by atoms with van der Waals surface area (Å²) in [6, 6.07) is 10.3. The van der Waals surface area contributed by atoms with E-state index in [1.165, 1.54) is 5.56 Å². The molecule has 2 N–H and O–H groups in total. The lowest BCUT2D eigenvalue weighted by Crippen LogP contribution is -2.16. The van der Waals surface area contributed by atoms with Crippen molar-refractivity contribution in [2.75, 3.05) is 33.0 Å². The first-order valence-electron chi connectivity index (χ1n) is 6.66. The lowest BCUT2D eigenvalue weighted by molar-refractivity contribution is -0.137. The minimum atomic E-state index is -0.853. The molecule has 0 amide bonds. The Bertz CT molecular complexity index is 311. The van der Waals surface area contributed by atoms with Gasteiger partial charge in [-0.2, -0.15) is 0 Å². The van der Waals surface area contributed by atoms with Crippen molar-refractivity contribution < 1.29 is 24.5 Å². The molecule has 1 aliphatic heterocycles. The number of carboxylic acids is 1. The van der Waals surface area contributed by atoms with Crippen molar-refractivity contribution in [3.8, 4) is 0 Å². The van der Waals surface area contributed by atoms with Crippen molar-refractivity contribution in [2.45, 2.75) is 19.8 Å². The third-order valence-electron chi connectivity index (χ3n) is 2.23. The quantitative estimate of drug-likeness (QED) is 0.886. The maximum absolute atomic E-state index is 9.65. The van der Waals surface area contributed by atoms with Gasteiger partial charge in [-0.05, 0) is 13.3 Å². The lowest BCUT2D eigenvalue weighted by atomic mass is 10.2. The first-order chi connectivity index (χ1) is 9.66. The Kier molecular flexibility index (Phi) is 13.0. The summed E-state index contributed by atoms with van der Waals surface area (Å²) < 4.78 is 9.89. The smallest absolute Gasteiger partial charge is 0.303 e. The summed E-state index contributed by atoms with van der Waals surface area (Å²) in [7, 11) is 0. The van der Waals surface area contributed by atoms with Crippen LogP contribution in [0, 0.1) is 6.92 Å². The number of benzene rings is 1. The molecule has 20 heavy (non-hydrogen) atoms. The normalized spacial score (nSPS) is 13.3. The number of carbonyl (C=O) groups is 1. The Labute approximate surface area is 120 Å². The minimum absolute atomic E-state index is 0.0354. The predicted octanol–water partition coefficient (Wildman–Crippen LogP) is 1.87. The Morgan fingerprint density at radius 2 is 1.60 bits per heavy atom. The van der Waals surface area contributed by atoms with Gasteiger partial charge in [0.2, 0.25) is 0 Å². The average Bonchev–Trinajstić information content (AvgIpc) is 2.49. The second-order valence-corrected chi connectivity index (χ2v) is 4.10. The van der Waals surface area contributed by atoms with Crippen LogP contribution in [0.5, 0.6) is 0 Å². The standard InChI is InChI=1S/C7H8.C4H8O3.C4H8O2/c1-7-5-3-2-4-6-7;5-3-1-2-4(6)7;1-2-6-4-3-5-1/h2-6H,1H3;5H,1-3H2,(H,6,7);1-4H2. The van der Waals surface area contributed by atoms with Crippen LogP contribution in [0.15, 0.2) is 30.3 Å². The summed E-state index contributed by atoms with van der Waals surface area (Å²) in [5.74, 6) is -0.853. The Hall–Kier alpha value is -1.43. The van der Waals surface area contributed by atoms with Gasteiger partial charge in [0, 0.05) is 13.0 Å². The van der Waals surface area contributed by atoms with Crippen molar-refractivity contribution in [1.82, 2.24) is 0 Å². The van der Waals surface area contributed by atoms with Crippen LogP contribution in [0.25, 0.3) is 0 Å². The zero-order valence-electron chi connectivity index (χ0n) is 12.0. The van der Waals surface area contributed by atoms with Crippen molar-refractivity contribution >= 4 is 5.97 Å². The van der Waals surface area contributed by atoms with E-state index in [1.807, 2.05) is 18.2 Å². The number of hydrogen-bond acceptors (Lipinski definition) is 4. The molecule has 114 valence electrons. The molecule has 1 heterocycles. The van der Waals surface area contributed by atoms with E-state index < -0.39 is 5.97 Å².